The molecule has 2 amide bonds. The van der Waals surface area contributed by atoms with Gasteiger partial charge in [-0.05, 0) is 32.0 Å². The van der Waals surface area contributed by atoms with E-state index in [0.717, 1.165) is 28.8 Å². The van der Waals surface area contributed by atoms with E-state index in [2.05, 4.69) is 10.2 Å². The zero-order valence-electron chi connectivity index (χ0n) is 13.4. The number of nitrogens with two attached hydrogens (primary N) is 1. The summed E-state index contributed by atoms with van der Waals surface area (Å²) in [5.74, 6) is -1.25. The number of nitrogens with zero attached hydrogens (tertiary/aromatic N) is 3. The Labute approximate surface area is 146 Å². The van der Waals surface area contributed by atoms with Crippen LogP contribution in [-0.4, -0.2) is 27.9 Å². The fourth-order valence-corrected chi connectivity index (χ4v) is 3.15. The summed E-state index contributed by atoms with van der Waals surface area (Å²) in [7, 11) is 0. The zero-order valence-corrected chi connectivity index (χ0v) is 14.2. The molecule has 0 spiro atoms. The summed E-state index contributed by atoms with van der Waals surface area (Å²) in [6.45, 7) is 3.36. The smallest absolute Gasteiger partial charge is 0.370 e. The Morgan fingerprint density at radius 3 is 2.60 bits per heavy atom. The Morgan fingerprint density at radius 2 is 2.04 bits per heavy atom. The van der Waals surface area contributed by atoms with Gasteiger partial charge >= 0.3 is 6.18 Å². The molecule has 0 aliphatic carbocycles. The molecule has 1 saturated heterocycles. The minimum Gasteiger partial charge on any atom is -0.370 e. The highest BCUT2D eigenvalue weighted by atomic mass is 32.2. The van der Waals surface area contributed by atoms with Gasteiger partial charge < -0.3 is 5.73 Å². The molecule has 1 fully saturated rings. The summed E-state index contributed by atoms with van der Waals surface area (Å²) in [4.78, 5) is 24.7. The minimum absolute atomic E-state index is 0.00185. The van der Waals surface area contributed by atoms with E-state index in [1.807, 2.05) is 0 Å². The second kappa shape index (κ2) is 7.26. The number of carbonyl (C=O) groups excluding carboxylic acids is 2. The molecule has 6 nitrogen and oxygen atoms in total. The fourth-order valence-electron chi connectivity index (χ4n) is 2.05. The van der Waals surface area contributed by atoms with E-state index in [9.17, 15) is 22.8 Å². The quantitative estimate of drug-likeness (QED) is 0.651. The van der Waals surface area contributed by atoms with Crippen LogP contribution in [0.2, 0.25) is 0 Å². The van der Waals surface area contributed by atoms with Crippen molar-refractivity contribution < 1.29 is 22.8 Å². The molecule has 10 heteroatoms. The number of primary amides is 1. The molecule has 25 heavy (non-hydrogen) atoms. The van der Waals surface area contributed by atoms with Crippen LogP contribution in [0.1, 0.15) is 25.8 Å². The molecule has 0 bridgehead atoms. The van der Waals surface area contributed by atoms with Gasteiger partial charge in [-0.15, -0.1) is 5.10 Å². The maximum Gasteiger partial charge on any atom is 0.416 e. The predicted octanol–water partition coefficient (Wildman–Crippen LogP) is 2.78. The number of halogens is 3. The second-order valence-electron chi connectivity index (χ2n) is 5.43. The summed E-state index contributed by atoms with van der Waals surface area (Å²) in [5, 5.41) is 7.02. The molecule has 1 aromatic carbocycles. The SMILES string of the molecule is CC(C)=NN=C1SC(CC(N)=O)C(=O)N1c1cccc(C(F)(F)F)c1. The summed E-state index contributed by atoms with van der Waals surface area (Å²) < 4.78 is 38.8. The van der Waals surface area contributed by atoms with Gasteiger partial charge in [0.2, 0.25) is 11.8 Å². The number of rotatable bonds is 4. The third kappa shape index (κ3) is 4.59. The van der Waals surface area contributed by atoms with Crippen molar-refractivity contribution in [2.45, 2.75) is 31.7 Å². The monoisotopic (exact) mass is 372 g/mol. The Balaban J connectivity index is 2.47. The number of carbonyl (C=O) groups is 2. The second-order valence-corrected chi connectivity index (χ2v) is 6.60. The lowest BCUT2D eigenvalue weighted by molar-refractivity contribution is -0.137. The number of hydrogen-bond donors (Lipinski definition) is 1. The van der Waals surface area contributed by atoms with Crippen LogP contribution < -0.4 is 10.6 Å². The van der Waals surface area contributed by atoms with Crippen LogP contribution in [-0.2, 0) is 15.8 Å². The first kappa shape index (κ1) is 19.0. The van der Waals surface area contributed by atoms with E-state index in [4.69, 9.17) is 5.73 Å². The normalized spacial score (nSPS) is 19.4. The van der Waals surface area contributed by atoms with Crippen molar-refractivity contribution in [2.75, 3.05) is 4.90 Å². The van der Waals surface area contributed by atoms with Gasteiger partial charge in [-0.3, -0.25) is 14.5 Å². The molecular formula is C15H15F3N4O2S. The van der Waals surface area contributed by atoms with Crippen LogP contribution in [0, 0.1) is 0 Å². The third-order valence-corrected chi connectivity index (χ3v) is 4.22. The van der Waals surface area contributed by atoms with E-state index in [1.54, 1.807) is 13.8 Å². The molecule has 1 heterocycles. The lowest BCUT2D eigenvalue weighted by atomic mass is 10.1. The van der Waals surface area contributed by atoms with E-state index in [-0.39, 0.29) is 17.3 Å². The van der Waals surface area contributed by atoms with Crippen LogP contribution in [0.5, 0.6) is 0 Å². The van der Waals surface area contributed by atoms with Crippen molar-refractivity contribution in [3.05, 3.63) is 29.8 Å². The molecule has 0 radical (unpaired) electrons. The fraction of sp³-hybridized carbons (Fsp3) is 0.333. The van der Waals surface area contributed by atoms with Crippen LogP contribution in [0.25, 0.3) is 0 Å². The molecular weight excluding hydrogens is 357 g/mol. The minimum atomic E-state index is -4.55. The highest BCUT2D eigenvalue weighted by molar-refractivity contribution is 8.16. The molecule has 1 atom stereocenters. The molecule has 0 aromatic heterocycles. The first-order valence-electron chi connectivity index (χ1n) is 7.14. The zero-order chi connectivity index (χ0) is 18.8. The van der Waals surface area contributed by atoms with E-state index in [0.29, 0.717) is 5.71 Å². The van der Waals surface area contributed by atoms with Crippen molar-refractivity contribution >= 4 is 40.1 Å². The first-order valence-corrected chi connectivity index (χ1v) is 8.02. The molecule has 1 aromatic rings. The maximum atomic E-state index is 12.9. The van der Waals surface area contributed by atoms with Crippen molar-refractivity contribution in [3.63, 3.8) is 0 Å². The number of amidine groups is 1. The average Bonchev–Trinajstić information content (AvgIpc) is 2.80. The molecule has 2 rings (SSSR count). The Kier molecular flexibility index (Phi) is 5.51. The summed E-state index contributed by atoms with van der Waals surface area (Å²) >= 11 is 0.943. The molecule has 2 N–H and O–H groups in total. The molecule has 134 valence electrons. The highest BCUT2D eigenvalue weighted by Gasteiger charge is 2.41. The number of hydrogen-bond acceptors (Lipinski definition) is 5. The van der Waals surface area contributed by atoms with Gasteiger partial charge in [0.05, 0.1) is 11.3 Å². The number of anilines is 1. The van der Waals surface area contributed by atoms with Gasteiger partial charge in [-0.25, -0.2) is 0 Å². The van der Waals surface area contributed by atoms with Gasteiger partial charge in [-0.1, -0.05) is 17.8 Å². The topological polar surface area (TPSA) is 88.1 Å². The summed E-state index contributed by atoms with van der Waals surface area (Å²) in [6, 6.07) is 4.31. The van der Waals surface area contributed by atoms with Crippen molar-refractivity contribution in [3.8, 4) is 0 Å². The van der Waals surface area contributed by atoms with Crippen molar-refractivity contribution in [1.82, 2.24) is 0 Å². The predicted molar refractivity (Wildman–Crippen MR) is 90.3 cm³/mol. The van der Waals surface area contributed by atoms with Gasteiger partial charge in [0.15, 0.2) is 5.17 Å². The van der Waals surface area contributed by atoms with Crippen LogP contribution >= 0.6 is 11.8 Å². The highest BCUT2D eigenvalue weighted by Crippen LogP contribution is 2.37. The standard InChI is InChI=1S/C15H15F3N4O2S/c1-8(2)20-21-14-22(13(24)11(25-14)7-12(19)23)10-5-3-4-9(6-10)15(16,17)18/h3-6,11H,7H2,1-2H3,(H2,19,23). The molecule has 1 unspecified atom stereocenters. The van der Waals surface area contributed by atoms with Gasteiger partial charge in [0.25, 0.3) is 0 Å². The number of alkyl halides is 3. The number of amides is 2. The lowest BCUT2D eigenvalue weighted by Crippen LogP contribution is -2.33. The summed E-state index contributed by atoms with van der Waals surface area (Å²) in [6.07, 6.45) is -4.79. The number of benzene rings is 1. The van der Waals surface area contributed by atoms with E-state index >= 15 is 0 Å². The average molecular weight is 372 g/mol. The first-order chi connectivity index (χ1) is 11.6. The van der Waals surface area contributed by atoms with Gasteiger partial charge in [0.1, 0.15) is 5.25 Å². The summed E-state index contributed by atoms with van der Waals surface area (Å²) in [5.41, 5.74) is 4.84. The van der Waals surface area contributed by atoms with Crippen LogP contribution in [0.3, 0.4) is 0 Å². The van der Waals surface area contributed by atoms with Gasteiger partial charge in [0, 0.05) is 12.1 Å². The van der Waals surface area contributed by atoms with Crippen LogP contribution in [0.4, 0.5) is 18.9 Å². The Bertz CT molecular complexity index is 757. The lowest BCUT2D eigenvalue weighted by Gasteiger charge is -2.17. The van der Waals surface area contributed by atoms with E-state index < -0.39 is 28.8 Å². The number of thioether (sulfide) groups is 1. The van der Waals surface area contributed by atoms with Crippen molar-refractivity contribution in [2.24, 2.45) is 15.9 Å². The molecule has 0 saturated carbocycles. The van der Waals surface area contributed by atoms with Crippen molar-refractivity contribution in [1.29, 1.82) is 0 Å². The Hall–Kier alpha value is -2.36. The van der Waals surface area contributed by atoms with E-state index in [1.165, 1.54) is 12.1 Å². The molecule has 1 aliphatic heterocycles. The third-order valence-electron chi connectivity index (χ3n) is 3.09. The largest absolute Gasteiger partial charge is 0.416 e. The van der Waals surface area contributed by atoms with Crippen LogP contribution in [0.15, 0.2) is 34.5 Å². The Morgan fingerprint density at radius 1 is 1.36 bits per heavy atom. The maximum absolute atomic E-state index is 12.9. The molecule has 1 aliphatic rings. The van der Waals surface area contributed by atoms with Gasteiger partial charge in [-0.2, -0.15) is 18.3 Å².